The number of anilines is 2. The van der Waals surface area contributed by atoms with Crippen LogP contribution in [0.2, 0.25) is 0 Å². The van der Waals surface area contributed by atoms with Crippen LogP contribution < -0.4 is 9.64 Å². The summed E-state index contributed by atoms with van der Waals surface area (Å²) in [6.07, 6.45) is 0. The van der Waals surface area contributed by atoms with E-state index < -0.39 is 0 Å². The van der Waals surface area contributed by atoms with E-state index in [1.807, 2.05) is 36.5 Å². The van der Waals surface area contributed by atoms with Crippen molar-refractivity contribution < 1.29 is 9.15 Å². The van der Waals surface area contributed by atoms with E-state index in [0.717, 1.165) is 40.0 Å². The van der Waals surface area contributed by atoms with Crippen molar-refractivity contribution >= 4 is 34.9 Å². The zero-order chi connectivity index (χ0) is 55.3. The molecular formula is C73H68N2O2S2. The van der Waals surface area contributed by atoms with Crippen molar-refractivity contribution in [2.45, 2.75) is 88.8 Å². The molecule has 4 heterocycles. The van der Waals surface area contributed by atoms with Gasteiger partial charge in [0, 0.05) is 43.4 Å². The summed E-state index contributed by atoms with van der Waals surface area (Å²) in [5, 5.41) is 0. The largest absolute Gasteiger partial charge is 0.461 e. The van der Waals surface area contributed by atoms with Gasteiger partial charge in [0.2, 0.25) is 0 Å². The van der Waals surface area contributed by atoms with Crippen molar-refractivity contribution in [1.29, 1.82) is 0 Å². The molecule has 6 heteroatoms. The Kier molecular flexibility index (Phi) is 16.4. The Bertz CT molecular complexity index is 3790. The minimum atomic E-state index is 0.927. The van der Waals surface area contributed by atoms with Crippen LogP contribution in [0.5, 0.6) is 11.5 Å². The van der Waals surface area contributed by atoms with Gasteiger partial charge < -0.3 is 18.6 Å². The number of hydrogen-bond donors (Lipinski definition) is 0. The van der Waals surface area contributed by atoms with Gasteiger partial charge in [-0.05, 0) is 187 Å². The molecule has 394 valence electrons. The van der Waals surface area contributed by atoms with Crippen LogP contribution in [-0.2, 0) is 0 Å². The van der Waals surface area contributed by atoms with Crippen molar-refractivity contribution in [3.8, 4) is 62.2 Å². The molecule has 0 N–H and O–H groups in total. The molecule has 9 aromatic carbocycles. The van der Waals surface area contributed by atoms with E-state index in [1.165, 1.54) is 109 Å². The monoisotopic (exact) mass is 1070 g/mol. The first-order chi connectivity index (χ1) is 38.1. The summed E-state index contributed by atoms with van der Waals surface area (Å²) in [4.78, 5) is 7.73. The van der Waals surface area contributed by atoms with Gasteiger partial charge in [-0.3, -0.25) is 0 Å². The van der Waals surface area contributed by atoms with Gasteiger partial charge in [-0.15, -0.1) is 0 Å². The molecule has 0 unspecified atom stereocenters. The van der Waals surface area contributed by atoms with E-state index in [-0.39, 0.29) is 0 Å². The normalized spacial score (nSPS) is 11.7. The van der Waals surface area contributed by atoms with Crippen LogP contribution in [0.3, 0.4) is 0 Å². The van der Waals surface area contributed by atoms with Crippen LogP contribution in [-0.4, -0.2) is 11.6 Å². The Hall–Kier alpha value is -8.16. The van der Waals surface area contributed by atoms with E-state index in [9.17, 15) is 0 Å². The maximum atomic E-state index is 5.94. The fraction of sp³-hybridized carbons (Fsp3) is 0.151. The number of nitrogens with zero attached hydrogens (tertiary/aromatic N) is 2. The highest BCUT2D eigenvalue weighted by atomic mass is 32.2. The third-order valence-electron chi connectivity index (χ3n) is 14.3. The number of furan rings is 1. The highest BCUT2D eigenvalue weighted by molar-refractivity contribution is 8.05. The van der Waals surface area contributed by atoms with Gasteiger partial charge >= 0.3 is 0 Å². The SMILES string of the molecule is Cc1ccc(-c2cc(-c3ccc(C)cc3)c(C)o2)cc1.Cc1ccc(-c2ccc(-c3ccc(C)cc3)n2-c2ccc(C)cc2)cc1.Cc1ccc2c(c1)Oc1ccc(C)cc1N2C.Cc1ccc2c(c1)Sc1ccc(C)cc1S2. The summed E-state index contributed by atoms with van der Waals surface area (Å²) < 4.78 is 14.2. The van der Waals surface area contributed by atoms with Crippen LogP contribution in [0.1, 0.15) is 55.8 Å². The lowest BCUT2D eigenvalue weighted by atomic mass is 10.0. The smallest absolute Gasteiger partial charge is 0.151 e. The Morgan fingerprint density at radius 3 is 1.23 bits per heavy atom. The molecule has 0 amide bonds. The van der Waals surface area contributed by atoms with Crippen molar-refractivity contribution in [1.82, 2.24) is 4.57 Å². The molecule has 0 fully saturated rings. The molecule has 0 atom stereocenters. The van der Waals surface area contributed by atoms with Crippen molar-refractivity contribution in [3.63, 3.8) is 0 Å². The standard InChI is InChI=1S/C25H23N.C19H18O.C15H15NO.C14H12S2/c1-18-4-10-21(11-5-18)24-16-17-25(22-12-6-19(2)7-13-22)26(24)23-14-8-20(3)9-15-23;1-13-4-8-16(9-5-13)18-12-19(20-15(18)3)17-10-6-14(2)7-11-17;1-10-5-7-14-13(8-10)16(3)12-6-4-11(2)9-15(12)17-14;1-9-3-5-11-13(7-9)15-12-6-4-10(2)8-14(12)16-11/h4-17H,1-3H3;4-12H,1-3H3;4-9H,1-3H3;3-8H,1-2H3. The molecule has 2 aromatic heterocycles. The second-order valence-electron chi connectivity index (χ2n) is 21.0. The van der Waals surface area contributed by atoms with E-state index in [0.29, 0.717) is 0 Å². The number of benzene rings is 9. The second kappa shape index (κ2) is 23.8. The molecule has 2 aliphatic rings. The zero-order valence-electron chi connectivity index (χ0n) is 47.2. The number of aryl methyl sites for hydroxylation is 10. The van der Waals surface area contributed by atoms with E-state index in [2.05, 4.69) is 285 Å². The number of aromatic nitrogens is 1. The van der Waals surface area contributed by atoms with Gasteiger partial charge in [0.05, 0.1) is 22.8 Å². The topological polar surface area (TPSA) is 30.5 Å². The molecule has 11 aromatic rings. The molecule has 0 radical (unpaired) electrons. The molecule has 0 saturated carbocycles. The Balaban J connectivity index is 0.000000121. The van der Waals surface area contributed by atoms with Gasteiger partial charge in [-0.2, -0.15) is 0 Å². The van der Waals surface area contributed by atoms with Gasteiger partial charge in [-0.25, -0.2) is 0 Å². The summed E-state index contributed by atoms with van der Waals surface area (Å²) in [6, 6.07) is 75.7. The highest BCUT2D eigenvalue weighted by Gasteiger charge is 2.22. The maximum Gasteiger partial charge on any atom is 0.151 e. The van der Waals surface area contributed by atoms with Gasteiger partial charge in [0.15, 0.2) is 11.5 Å². The van der Waals surface area contributed by atoms with Crippen LogP contribution >= 0.6 is 23.5 Å². The Morgan fingerprint density at radius 2 is 0.722 bits per heavy atom. The number of fused-ring (bicyclic) bond motifs is 4. The Labute approximate surface area is 476 Å². The summed E-state index contributed by atoms with van der Waals surface area (Å²) in [5.41, 5.74) is 23.3. The molecule has 0 aliphatic carbocycles. The molecule has 0 spiro atoms. The molecular weight excluding hydrogens is 1000 g/mol. The minimum Gasteiger partial charge on any atom is -0.461 e. The summed E-state index contributed by atoms with van der Waals surface area (Å²) in [7, 11) is 2.08. The van der Waals surface area contributed by atoms with Crippen LogP contribution in [0.4, 0.5) is 11.4 Å². The first kappa shape index (κ1) is 54.2. The highest BCUT2D eigenvalue weighted by Crippen LogP contribution is 2.49. The molecule has 0 bridgehead atoms. The van der Waals surface area contributed by atoms with Crippen molar-refractivity contribution in [2.24, 2.45) is 0 Å². The second-order valence-corrected chi connectivity index (χ2v) is 23.2. The maximum absolute atomic E-state index is 5.94. The van der Waals surface area contributed by atoms with Crippen molar-refractivity contribution in [2.75, 3.05) is 11.9 Å². The number of ether oxygens (including phenoxy) is 1. The third-order valence-corrected chi connectivity index (χ3v) is 16.8. The third kappa shape index (κ3) is 12.7. The van der Waals surface area contributed by atoms with E-state index >= 15 is 0 Å². The fourth-order valence-electron chi connectivity index (χ4n) is 9.67. The lowest BCUT2D eigenvalue weighted by Gasteiger charge is -2.30. The molecule has 79 heavy (non-hydrogen) atoms. The Morgan fingerprint density at radius 1 is 0.316 bits per heavy atom. The van der Waals surface area contributed by atoms with E-state index in [4.69, 9.17) is 9.15 Å². The minimum absolute atomic E-state index is 0.927. The van der Waals surface area contributed by atoms with Crippen LogP contribution in [0.15, 0.2) is 236 Å². The summed E-state index contributed by atoms with van der Waals surface area (Å²) in [6.45, 7) is 21.1. The van der Waals surface area contributed by atoms with Crippen LogP contribution in [0, 0.1) is 69.2 Å². The van der Waals surface area contributed by atoms with Crippen LogP contribution in [0.25, 0.3) is 50.7 Å². The predicted molar refractivity (Wildman–Crippen MR) is 336 cm³/mol. The first-order valence-corrected chi connectivity index (χ1v) is 28.6. The van der Waals surface area contributed by atoms with E-state index in [1.54, 1.807) is 0 Å². The number of hydrogen-bond acceptors (Lipinski definition) is 5. The lowest BCUT2D eigenvalue weighted by Crippen LogP contribution is -2.15. The average molecular weight is 1070 g/mol. The molecule has 0 saturated heterocycles. The molecule has 13 rings (SSSR count). The summed E-state index contributed by atoms with van der Waals surface area (Å²) in [5.74, 6) is 3.75. The summed E-state index contributed by atoms with van der Waals surface area (Å²) >= 11 is 3.77. The molecule has 4 nitrogen and oxygen atoms in total. The molecule has 2 aliphatic heterocycles. The lowest BCUT2D eigenvalue weighted by molar-refractivity contribution is 0.475. The van der Waals surface area contributed by atoms with Gasteiger partial charge in [0.1, 0.15) is 11.5 Å². The quantitative estimate of drug-likeness (QED) is 0.171. The first-order valence-electron chi connectivity index (χ1n) is 27.0. The van der Waals surface area contributed by atoms with Crippen molar-refractivity contribution in [3.05, 3.63) is 268 Å². The average Bonchev–Trinajstić information content (AvgIpc) is 4.10. The van der Waals surface area contributed by atoms with Gasteiger partial charge in [-0.1, -0.05) is 185 Å². The predicted octanol–water partition coefficient (Wildman–Crippen LogP) is 21.4. The van der Waals surface area contributed by atoms with Gasteiger partial charge in [0.25, 0.3) is 0 Å². The number of rotatable bonds is 5. The fourth-order valence-corrected chi connectivity index (χ4v) is 12.1. The zero-order valence-corrected chi connectivity index (χ0v) is 48.9.